The van der Waals surface area contributed by atoms with Crippen molar-refractivity contribution in [3.8, 4) is 0 Å². The fourth-order valence-electron chi connectivity index (χ4n) is 1.88. The minimum atomic E-state index is -1.27. The van der Waals surface area contributed by atoms with Crippen LogP contribution >= 0.6 is 0 Å². The molecule has 17 heavy (non-hydrogen) atoms. The van der Waals surface area contributed by atoms with Gasteiger partial charge >= 0.3 is 12.0 Å². The number of imide groups is 2. The summed E-state index contributed by atoms with van der Waals surface area (Å²) in [4.78, 5) is 47.8. The van der Waals surface area contributed by atoms with Crippen LogP contribution in [0.3, 0.4) is 0 Å². The maximum Gasteiger partial charge on any atom is 0.333 e. The van der Waals surface area contributed by atoms with Gasteiger partial charge in [0.05, 0.1) is 6.42 Å². The highest BCUT2D eigenvalue weighted by Crippen LogP contribution is 2.32. The number of carbonyl (C=O) groups is 4. The van der Waals surface area contributed by atoms with Gasteiger partial charge in [-0.25, -0.2) is 4.79 Å². The Morgan fingerprint density at radius 2 is 1.88 bits per heavy atom. The van der Waals surface area contributed by atoms with Gasteiger partial charge in [0.15, 0.2) is 0 Å². The van der Waals surface area contributed by atoms with Crippen LogP contribution in [0.1, 0.15) is 19.3 Å². The summed E-state index contributed by atoms with van der Waals surface area (Å²) >= 11 is 0. The van der Waals surface area contributed by atoms with Gasteiger partial charge in [-0.2, -0.15) is 0 Å². The Labute approximate surface area is 97.0 Å². The lowest BCUT2D eigenvalue weighted by molar-refractivity contribution is -0.154. The maximum atomic E-state index is 11.9. The molecule has 0 aromatic rings. The third-order valence-electron chi connectivity index (χ3n) is 2.95. The largest absolute Gasteiger partial charge is 0.481 e. The third kappa shape index (κ3) is 1.88. The van der Waals surface area contributed by atoms with Gasteiger partial charge in [-0.15, -0.1) is 0 Å². The van der Waals surface area contributed by atoms with E-state index < -0.39 is 36.2 Å². The van der Waals surface area contributed by atoms with Gasteiger partial charge in [0.25, 0.3) is 0 Å². The van der Waals surface area contributed by atoms with Gasteiger partial charge in [0.1, 0.15) is 5.92 Å². The summed E-state index contributed by atoms with van der Waals surface area (Å²) < 4.78 is 0. The molecule has 2 rings (SSSR count). The molecule has 7 nitrogen and oxygen atoms in total. The molecule has 1 heterocycles. The molecule has 0 radical (unpaired) electrons. The molecule has 2 fully saturated rings. The van der Waals surface area contributed by atoms with E-state index in [1.54, 1.807) is 0 Å². The summed E-state index contributed by atoms with van der Waals surface area (Å²) in [5, 5.41) is 8.67. The number of carboxylic acid groups (broad SMARTS) is 1. The topological polar surface area (TPSA) is 95.0 Å². The van der Waals surface area contributed by atoms with Gasteiger partial charge in [0, 0.05) is 13.1 Å². The van der Waals surface area contributed by atoms with Gasteiger partial charge in [0.2, 0.25) is 11.8 Å². The molecule has 1 unspecified atom stereocenters. The summed E-state index contributed by atoms with van der Waals surface area (Å²) in [5.41, 5.74) is 0. The molecule has 1 N–H and O–H groups in total. The summed E-state index contributed by atoms with van der Waals surface area (Å²) in [7, 11) is 1.27. The maximum absolute atomic E-state index is 11.9. The summed E-state index contributed by atoms with van der Waals surface area (Å²) in [5.74, 6) is -3.91. The first-order chi connectivity index (χ1) is 7.93. The van der Waals surface area contributed by atoms with Gasteiger partial charge in [-0.3, -0.25) is 24.2 Å². The number of carbonyl (C=O) groups excluding carboxylic acids is 3. The minimum absolute atomic E-state index is 0.165. The predicted octanol–water partition coefficient (Wildman–Crippen LogP) is -0.340. The van der Waals surface area contributed by atoms with E-state index in [1.165, 1.54) is 7.05 Å². The van der Waals surface area contributed by atoms with E-state index in [1.807, 2.05) is 0 Å². The van der Waals surface area contributed by atoms with Crippen LogP contribution in [0.5, 0.6) is 0 Å². The second-order valence-corrected chi connectivity index (χ2v) is 4.27. The zero-order chi connectivity index (χ0) is 12.7. The molecule has 0 aromatic heterocycles. The van der Waals surface area contributed by atoms with E-state index in [4.69, 9.17) is 5.11 Å². The summed E-state index contributed by atoms with van der Waals surface area (Å²) in [6.45, 7) is 0. The lowest BCUT2D eigenvalue weighted by atomic mass is 10.00. The molecule has 1 aliphatic heterocycles. The van der Waals surface area contributed by atoms with Crippen molar-refractivity contribution in [3.05, 3.63) is 0 Å². The number of barbiturate groups is 1. The number of aliphatic carboxylic acids is 1. The van der Waals surface area contributed by atoms with Crippen molar-refractivity contribution < 1.29 is 24.3 Å². The summed E-state index contributed by atoms with van der Waals surface area (Å²) in [6, 6.07) is -0.814. The molecule has 92 valence electrons. The average molecular weight is 240 g/mol. The number of carboxylic acids is 1. The van der Waals surface area contributed by atoms with Crippen molar-refractivity contribution in [1.29, 1.82) is 0 Å². The molecule has 0 aromatic carbocycles. The Morgan fingerprint density at radius 3 is 2.35 bits per heavy atom. The van der Waals surface area contributed by atoms with E-state index in [-0.39, 0.29) is 6.04 Å². The first-order valence-electron chi connectivity index (χ1n) is 5.30. The van der Waals surface area contributed by atoms with Gasteiger partial charge < -0.3 is 5.11 Å². The highest BCUT2D eigenvalue weighted by Gasteiger charge is 2.49. The SMILES string of the molecule is CN1C(=O)C(CC(=O)O)C(=O)N(C2CC2)C1=O. The van der Waals surface area contributed by atoms with E-state index in [0.717, 1.165) is 22.6 Å². The van der Waals surface area contributed by atoms with Crippen molar-refractivity contribution in [2.24, 2.45) is 5.92 Å². The van der Waals surface area contributed by atoms with E-state index >= 15 is 0 Å². The molecule has 0 bridgehead atoms. The van der Waals surface area contributed by atoms with Crippen molar-refractivity contribution in [2.45, 2.75) is 25.3 Å². The van der Waals surface area contributed by atoms with Crippen LogP contribution in [0, 0.1) is 5.92 Å². The van der Waals surface area contributed by atoms with Gasteiger partial charge in [-0.05, 0) is 12.8 Å². The molecule has 4 amide bonds. The van der Waals surface area contributed by atoms with Crippen molar-refractivity contribution >= 4 is 23.8 Å². The number of rotatable bonds is 3. The number of amides is 4. The normalized spacial score (nSPS) is 25.5. The predicted molar refractivity (Wildman–Crippen MR) is 53.8 cm³/mol. The highest BCUT2D eigenvalue weighted by molar-refractivity contribution is 6.17. The molecule has 7 heteroatoms. The number of urea groups is 1. The zero-order valence-corrected chi connectivity index (χ0v) is 9.25. The molecule has 1 saturated heterocycles. The molecular weight excluding hydrogens is 228 g/mol. The van der Waals surface area contributed by atoms with Crippen molar-refractivity contribution in [2.75, 3.05) is 7.05 Å². The van der Waals surface area contributed by atoms with Crippen LogP contribution in [-0.2, 0) is 14.4 Å². The fraction of sp³-hybridized carbons (Fsp3) is 0.600. The van der Waals surface area contributed by atoms with E-state index in [2.05, 4.69) is 0 Å². The first kappa shape index (κ1) is 11.6. The Balaban J connectivity index is 2.26. The van der Waals surface area contributed by atoms with Crippen LogP contribution in [0.4, 0.5) is 4.79 Å². The van der Waals surface area contributed by atoms with Crippen LogP contribution in [-0.4, -0.2) is 51.8 Å². The van der Waals surface area contributed by atoms with Crippen LogP contribution in [0.25, 0.3) is 0 Å². The Morgan fingerprint density at radius 1 is 1.29 bits per heavy atom. The van der Waals surface area contributed by atoms with Crippen molar-refractivity contribution in [3.63, 3.8) is 0 Å². The molecule has 1 saturated carbocycles. The van der Waals surface area contributed by atoms with E-state index in [9.17, 15) is 19.2 Å². The molecular formula is C10H12N2O5. The minimum Gasteiger partial charge on any atom is -0.481 e. The quantitative estimate of drug-likeness (QED) is 0.681. The fourth-order valence-corrected chi connectivity index (χ4v) is 1.88. The Bertz CT molecular complexity index is 415. The van der Waals surface area contributed by atoms with Gasteiger partial charge in [-0.1, -0.05) is 0 Å². The second-order valence-electron chi connectivity index (χ2n) is 4.27. The third-order valence-corrected chi connectivity index (χ3v) is 2.95. The van der Waals surface area contributed by atoms with Crippen LogP contribution in [0.2, 0.25) is 0 Å². The summed E-state index contributed by atoms with van der Waals surface area (Å²) in [6.07, 6.45) is 0.872. The second kappa shape index (κ2) is 3.83. The average Bonchev–Trinajstić information content (AvgIpc) is 3.06. The lowest BCUT2D eigenvalue weighted by Crippen LogP contribution is -2.59. The standard InChI is InChI=1S/C10H12N2O5/c1-11-8(15)6(4-7(13)14)9(16)12(10(11)17)5-2-3-5/h5-6H,2-4H2,1H3,(H,13,14). The highest BCUT2D eigenvalue weighted by atomic mass is 16.4. The lowest BCUT2D eigenvalue weighted by Gasteiger charge is -2.34. The number of nitrogens with zero attached hydrogens (tertiary/aromatic N) is 2. The van der Waals surface area contributed by atoms with Crippen LogP contribution < -0.4 is 0 Å². The molecule has 1 atom stereocenters. The van der Waals surface area contributed by atoms with Crippen LogP contribution in [0.15, 0.2) is 0 Å². The molecule has 0 spiro atoms. The smallest absolute Gasteiger partial charge is 0.333 e. The molecule has 2 aliphatic rings. The Hall–Kier alpha value is -1.92. The zero-order valence-electron chi connectivity index (χ0n) is 9.25. The van der Waals surface area contributed by atoms with Crippen molar-refractivity contribution in [1.82, 2.24) is 9.80 Å². The first-order valence-corrected chi connectivity index (χ1v) is 5.30. The number of hydrogen-bond acceptors (Lipinski definition) is 4. The van der Waals surface area contributed by atoms with E-state index in [0.29, 0.717) is 0 Å². The molecule has 1 aliphatic carbocycles. The number of hydrogen-bond donors (Lipinski definition) is 1. The monoisotopic (exact) mass is 240 g/mol. The Kier molecular flexibility index (Phi) is 2.60.